The van der Waals surface area contributed by atoms with Gasteiger partial charge in [0.2, 0.25) is 0 Å². The van der Waals surface area contributed by atoms with Gasteiger partial charge in [-0.05, 0) is 42.9 Å². The van der Waals surface area contributed by atoms with Crippen LogP contribution < -0.4 is 0 Å². The average molecular weight is 138 g/mol. The molecule has 0 aromatic heterocycles. The first kappa shape index (κ1) is 6.69. The Morgan fingerprint density at radius 3 is 2.50 bits per heavy atom. The van der Waals surface area contributed by atoms with Gasteiger partial charge in [-0.1, -0.05) is 20.3 Å². The highest BCUT2D eigenvalue weighted by Crippen LogP contribution is 2.53. The van der Waals surface area contributed by atoms with Crippen molar-refractivity contribution in [2.24, 2.45) is 23.7 Å². The van der Waals surface area contributed by atoms with Gasteiger partial charge in [0.05, 0.1) is 0 Å². The minimum atomic E-state index is 1.07. The quantitative estimate of drug-likeness (QED) is 0.522. The summed E-state index contributed by atoms with van der Waals surface area (Å²) >= 11 is 0. The third kappa shape index (κ3) is 0.810. The lowest BCUT2D eigenvalue weighted by atomic mass is 9.68. The zero-order valence-electron chi connectivity index (χ0n) is 7.14. The Labute approximate surface area is 64.0 Å². The molecule has 0 radical (unpaired) electrons. The van der Waals surface area contributed by atoms with E-state index in [1.165, 1.54) is 6.42 Å². The second-order valence-electron chi connectivity index (χ2n) is 4.38. The predicted molar refractivity (Wildman–Crippen MR) is 43.8 cm³/mol. The Morgan fingerprint density at radius 1 is 1.20 bits per heavy atom. The fourth-order valence-electron chi connectivity index (χ4n) is 3.03. The zero-order chi connectivity index (χ0) is 7.14. The molecular formula is C10H18. The molecule has 58 valence electrons. The van der Waals surface area contributed by atoms with Gasteiger partial charge in [-0.15, -0.1) is 0 Å². The average Bonchev–Trinajstić information content (AvgIpc) is 2.26. The fraction of sp³-hybridized carbons (Fsp3) is 1.00. The number of hydrogen-bond acceptors (Lipinski definition) is 0. The summed E-state index contributed by atoms with van der Waals surface area (Å²) in [7, 11) is 0. The lowest BCUT2D eigenvalue weighted by Crippen LogP contribution is -2.29. The Bertz CT molecular complexity index is 128. The molecule has 0 spiro atoms. The van der Waals surface area contributed by atoms with Crippen molar-refractivity contribution in [1.29, 1.82) is 0 Å². The number of fused-ring (bicyclic) bond motifs is 1. The van der Waals surface area contributed by atoms with Crippen molar-refractivity contribution in [3.8, 4) is 0 Å². The summed E-state index contributed by atoms with van der Waals surface area (Å²) in [6, 6.07) is 0. The lowest BCUT2D eigenvalue weighted by molar-refractivity contribution is 0.120. The summed E-state index contributed by atoms with van der Waals surface area (Å²) in [6.45, 7) is 4.78. The zero-order valence-corrected chi connectivity index (χ0v) is 7.14. The van der Waals surface area contributed by atoms with Crippen molar-refractivity contribution in [3.63, 3.8) is 0 Å². The third-order valence-corrected chi connectivity index (χ3v) is 3.83. The maximum atomic E-state index is 2.43. The van der Waals surface area contributed by atoms with Gasteiger partial charge in [0.1, 0.15) is 0 Å². The van der Waals surface area contributed by atoms with Gasteiger partial charge in [0.15, 0.2) is 0 Å². The molecule has 0 aromatic rings. The van der Waals surface area contributed by atoms with Crippen LogP contribution in [0.25, 0.3) is 0 Å². The summed E-state index contributed by atoms with van der Waals surface area (Å²) in [6.07, 6.45) is 6.09. The van der Waals surface area contributed by atoms with E-state index in [1.54, 1.807) is 19.3 Å². The van der Waals surface area contributed by atoms with Crippen LogP contribution in [0.3, 0.4) is 0 Å². The van der Waals surface area contributed by atoms with Gasteiger partial charge in [0.25, 0.3) is 0 Å². The van der Waals surface area contributed by atoms with Crippen LogP contribution >= 0.6 is 0 Å². The van der Waals surface area contributed by atoms with Gasteiger partial charge in [-0.25, -0.2) is 0 Å². The minimum Gasteiger partial charge on any atom is -0.0651 e. The molecule has 0 N–H and O–H groups in total. The molecule has 2 aliphatic carbocycles. The number of hydrogen-bond donors (Lipinski definition) is 0. The lowest BCUT2D eigenvalue weighted by Gasteiger charge is -2.37. The van der Waals surface area contributed by atoms with E-state index in [1.807, 2.05) is 0 Å². The molecule has 0 amide bonds. The monoisotopic (exact) mass is 138 g/mol. The predicted octanol–water partition coefficient (Wildman–Crippen LogP) is 3.08. The first-order valence-electron chi connectivity index (χ1n) is 4.81. The Hall–Kier alpha value is 0. The van der Waals surface area contributed by atoms with E-state index in [2.05, 4.69) is 13.8 Å². The molecule has 0 aliphatic heterocycles. The van der Waals surface area contributed by atoms with Crippen LogP contribution in [0.1, 0.15) is 39.5 Å². The summed E-state index contributed by atoms with van der Waals surface area (Å²) in [4.78, 5) is 0. The van der Waals surface area contributed by atoms with Crippen molar-refractivity contribution in [1.82, 2.24) is 0 Å². The molecule has 0 nitrogen and oxygen atoms in total. The van der Waals surface area contributed by atoms with Crippen molar-refractivity contribution in [2.45, 2.75) is 39.5 Å². The van der Waals surface area contributed by atoms with Crippen LogP contribution in [0.2, 0.25) is 0 Å². The van der Waals surface area contributed by atoms with Crippen molar-refractivity contribution in [2.75, 3.05) is 0 Å². The van der Waals surface area contributed by atoms with Crippen molar-refractivity contribution in [3.05, 3.63) is 0 Å². The highest BCUT2D eigenvalue weighted by molar-refractivity contribution is 4.94. The number of rotatable bonds is 1. The largest absolute Gasteiger partial charge is 0.0651 e. The molecule has 10 heavy (non-hydrogen) atoms. The molecule has 0 bridgehead atoms. The van der Waals surface area contributed by atoms with Crippen molar-refractivity contribution < 1.29 is 0 Å². The molecule has 2 fully saturated rings. The molecule has 0 aromatic carbocycles. The van der Waals surface area contributed by atoms with Gasteiger partial charge in [0, 0.05) is 0 Å². The van der Waals surface area contributed by atoms with Gasteiger partial charge < -0.3 is 0 Å². The van der Waals surface area contributed by atoms with E-state index in [0.717, 1.165) is 23.7 Å². The Kier molecular flexibility index (Phi) is 1.51. The van der Waals surface area contributed by atoms with E-state index in [9.17, 15) is 0 Å². The molecule has 2 saturated carbocycles. The molecular weight excluding hydrogens is 120 g/mol. The normalized spacial score (nSPS) is 52.2. The maximum absolute atomic E-state index is 2.43. The summed E-state index contributed by atoms with van der Waals surface area (Å²) in [5, 5.41) is 0. The van der Waals surface area contributed by atoms with Crippen LogP contribution in [0, 0.1) is 23.7 Å². The third-order valence-electron chi connectivity index (χ3n) is 3.83. The van der Waals surface area contributed by atoms with Crippen molar-refractivity contribution >= 4 is 0 Å². The molecule has 0 heterocycles. The van der Waals surface area contributed by atoms with Gasteiger partial charge in [-0.2, -0.15) is 0 Å². The molecule has 0 heteroatoms. The summed E-state index contributed by atoms with van der Waals surface area (Å²) in [5.74, 6) is 4.46. The molecule has 2 aliphatic rings. The molecule has 4 atom stereocenters. The molecule has 4 unspecified atom stereocenters. The summed E-state index contributed by atoms with van der Waals surface area (Å²) in [5.41, 5.74) is 0. The van der Waals surface area contributed by atoms with Crippen LogP contribution in [0.15, 0.2) is 0 Å². The van der Waals surface area contributed by atoms with E-state index in [4.69, 9.17) is 0 Å². The van der Waals surface area contributed by atoms with E-state index in [0.29, 0.717) is 0 Å². The standard InChI is InChI=1S/C10H18/c1-3-8-5-9-4-7(2)10(9)6-8/h7-10H,3-6H2,1-2H3. The first-order chi connectivity index (χ1) is 4.81. The Balaban J connectivity index is 1.93. The summed E-state index contributed by atoms with van der Waals surface area (Å²) < 4.78 is 0. The maximum Gasteiger partial charge on any atom is -0.0357 e. The molecule has 0 saturated heterocycles. The fourth-order valence-corrected chi connectivity index (χ4v) is 3.03. The SMILES string of the molecule is CCC1CC2CC(C)C2C1. The van der Waals surface area contributed by atoms with E-state index >= 15 is 0 Å². The smallest absolute Gasteiger partial charge is 0.0357 e. The highest BCUT2D eigenvalue weighted by Gasteiger charge is 2.44. The first-order valence-corrected chi connectivity index (χ1v) is 4.81. The Morgan fingerprint density at radius 2 is 2.00 bits per heavy atom. The van der Waals surface area contributed by atoms with E-state index in [-0.39, 0.29) is 0 Å². The topological polar surface area (TPSA) is 0 Å². The van der Waals surface area contributed by atoms with Crippen LogP contribution in [0.5, 0.6) is 0 Å². The van der Waals surface area contributed by atoms with Crippen LogP contribution in [-0.2, 0) is 0 Å². The van der Waals surface area contributed by atoms with Gasteiger partial charge in [-0.3, -0.25) is 0 Å². The second kappa shape index (κ2) is 2.25. The second-order valence-corrected chi connectivity index (χ2v) is 4.38. The van der Waals surface area contributed by atoms with Crippen LogP contribution in [0.4, 0.5) is 0 Å². The minimum absolute atomic E-state index is 1.07. The van der Waals surface area contributed by atoms with Gasteiger partial charge >= 0.3 is 0 Å². The highest BCUT2D eigenvalue weighted by atomic mass is 14.5. The van der Waals surface area contributed by atoms with E-state index < -0.39 is 0 Å². The molecule has 2 rings (SSSR count). The van der Waals surface area contributed by atoms with Crippen LogP contribution in [-0.4, -0.2) is 0 Å².